The summed E-state index contributed by atoms with van der Waals surface area (Å²) in [7, 11) is 0. The Hall–Kier alpha value is -0.600. The molecule has 1 unspecified atom stereocenters. The molecule has 0 aromatic rings. The summed E-state index contributed by atoms with van der Waals surface area (Å²) in [5.74, 6) is 0. The van der Waals surface area contributed by atoms with E-state index in [4.69, 9.17) is 9.84 Å². The topological polar surface area (TPSA) is 29.5 Å². The predicted molar refractivity (Wildman–Crippen MR) is 60.3 cm³/mol. The minimum atomic E-state index is -0.134. The van der Waals surface area contributed by atoms with Gasteiger partial charge in [-0.3, -0.25) is 0 Å². The molecule has 0 saturated heterocycles. The molecule has 1 N–H and O–H groups in total. The third-order valence-corrected chi connectivity index (χ3v) is 1.79. The molecule has 0 spiro atoms. The summed E-state index contributed by atoms with van der Waals surface area (Å²) in [6, 6.07) is 0. The Morgan fingerprint density at radius 1 is 1.14 bits per heavy atom. The number of ether oxygens (including phenoxy) is 1. The molecule has 0 aliphatic heterocycles. The largest absolute Gasteiger partial charge is 0.393 e. The van der Waals surface area contributed by atoms with Crippen molar-refractivity contribution in [1.82, 2.24) is 0 Å². The van der Waals surface area contributed by atoms with Crippen molar-refractivity contribution in [3.63, 3.8) is 0 Å². The maximum atomic E-state index is 8.96. The van der Waals surface area contributed by atoms with Gasteiger partial charge in [-0.25, -0.2) is 0 Å². The van der Waals surface area contributed by atoms with Gasteiger partial charge in [-0.05, 0) is 19.3 Å². The van der Waals surface area contributed by atoms with Crippen LogP contribution < -0.4 is 0 Å². The van der Waals surface area contributed by atoms with Crippen LogP contribution in [0.1, 0.15) is 33.1 Å². The van der Waals surface area contributed by atoms with Gasteiger partial charge in [0.05, 0.1) is 19.3 Å². The van der Waals surface area contributed by atoms with E-state index in [2.05, 4.69) is 26.0 Å². The first-order valence-electron chi connectivity index (χ1n) is 5.39. The summed E-state index contributed by atoms with van der Waals surface area (Å²) in [6.07, 6.45) is 11.0. The van der Waals surface area contributed by atoms with Gasteiger partial charge in [-0.15, -0.1) is 0 Å². The number of aliphatic hydroxyl groups excluding tert-OH is 1. The maximum Gasteiger partial charge on any atom is 0.0986 e. The van der Waals surface area contributed by atoms with Crippen LogP contribution in [-0.4, -0.2) is 24.4 Å². The fourth-order valence-electron chi connectivity index (χ4n) is 1.03. The molecule has 0 aromatic heterocycles. The minimum Gasteiger partial charge on any atom is -0.393 e. The summed E-state index contributed by atoms with van der Waals surface area (Å²) in [5, 5.41) is 8.96. The molecule has 0 rings (SSSR count). The van der Waals surface area contributed by atoms with Crippen molar-refractivity contribution in [1.29, 1.82) is 0 Å². The lowest BCUT2D eigenvalue weighted by atomic mass is 10.3. The number of rotatable bonds is 8. The van der Waals surface area contributed by atoms with Crippen LogP contribution in [0.4, 0.5) is 0 Å². The van der Waals surface area contributed by atoms with Crippen LogP contribution in [0.2, 0.25) is 0 Å². The highest BCUT2D eigenvalue weighted by Gasteiger charge is 2.00. The molecule has 0 bridgehead atoms. The van der Waals surface area contributed by atoms with Crippen molar-refractivity contribution in [3.8, 4) is 0 Å². The molecule has 0 radical (unpaired) electrons. The molecule has 2 heteroatoms. The van der Waals surface area contributed by atoms with Crippen LogP contribution in [0.5, 0.6) is 0 Å². The highest BCUT2D eigenvalue weighted by molar-refractivity contribution is 4.89. The Morgan fingerprint density at radius 3 is 2.43 bits per heavy atom. The van der Waals surface area contributed by atoms with Gasteiger partial charge in [-0.2, -0.15) is 0 Å². The van der Waals surface area contributed by atoms with E-state index in [0.29, 0.717) is 6.61 Å². The molecule has 82 valence electrons. The van der Waals surface area contributed by atoms with Gasteiger partial charge in [0, 0.05) is 0 Å². The first kappa shape index (κ1) is 13.4. The second-order valence-electron chi connectivity index (χ2n) is 3.10. The Morgan fingerprint density at radius 2 is 1.86 bits per heavy atom. The fraction of sp³-hybridized carbons (Fsp3) is 0.667. The van der Waals surface area contributed by atoms with E-state index >= 15 is 0 Å². The summed E-state index contributed by atoms with van der Waals surface area (Å²) < 4.78 is 5.45. The smallest absolute Gasteiger partial charge is 0.0986 e. The second kappa shape index (κ2) is 10.5. The molecule has 0 amide bonds. The van der Waals surface area contributed by atoms with E-state index in [1.807, 2.05) is 12.2 Å². The summed E-state index contributed by atoms with van der Waals surface area (Å²) in [4.78, 5) is 0. The zero-order valence-corrected chi connectivity index (χ0v) is 9.28. The van der Waals surface area contributed by atoms with Crippen molar-refractivity contribution in [3.05, 3.63) is 24.3 Å². The van der Waals surface area contributed by atoms with Crippen LogP contribution in [-0.2, 0) is 4.74 Å². The van der Waals surface area contributed by atoms with E-state index in [0.717, 1.165) is 19.3 Å². The van der Waals surface area contributed by atoms with Gasteiger partial charge in [-0.1, -0.05) is 38.2 Å². The second-order valence-corrected chi connectivity index (χ2v) is 3.10. The molecule has 1 atom stereocenters. The molecule has 0 aromatic carbocycles. The Labute approximate surface area is 87.3 Å². The zero-order chi connectivity index (χ0) is 10.6. The first-order valence-corrected chi connectivity index (χ1v) is 5.39. The monoisotopic (exact) mass is 198 g/mol. The van der Waals surface area contributed by atoms with E-state index in [-0.39, 0.29) is 12.7 Å². The fourth-order valence-corrected chi connectivity index (χ4v) is 1.03. The average Bonchev–Trinajstić information content (AvgIpc) is 2.22. The number of hydrogen-bond donors (Lipinski definition) is 1. The predicted octanol–water partition coefficient (Wildman–Crippen LogP) is 2.69. The molecule has 0 heterocycles. The molecule has 14 heavy (non-hydrogen) atoms. The lowest BCUT2D eigenvalue weighted by molar-refractivity contribution is 0.0454. The van der Waals surface area contributed by atoms with Crippen LogP contribution in [0.25, 0.3) is 0 Å². The first-order chi connectivity index (χ1) is 6.85. The van der Waals surface area contributed by atoms with Crippen LogP contribution in [0.15, 0.2) is 24.3 Å². The third-order valence-electron chi connectivity index (χ3n) is 1.79. The van der Waals surface area contributed by atoms with Gasteiger partial charge >= 0.3 is 0 Å². The van der Waals surface area contributed by atoms with E-state index < -0.39 is 0 Å². The normalized spacial score (nSPS) is 14.2. The van der Waals surface area contributed by atoms with Crippen molar-refractivity contribution < 1.29 is 9.84 Å². The Balaban J connectivity index is 3.52. The third kappa shape index (κ3) is 8.02. The number of hydrogen-bond acceptors (Lipinski definition) is 2. The highest BCUT2D eigenvalue weighted by atomic mass is 16.5. The summed E-state index contributed by atoms with van der Waals surface area (Å²) >= 11 is 0. The molecule has 0 aliphatic rings. The van der Waals surface area contributed by atoms with Crippen molar-refractivity contribution in [2.45, 2.75) is 39.2 Å². The number of allylic oxidation sites excluding steroid dienone is 2. The van der Waals surface area contributed by atoms with Gasteiger partial charge in [0.25, 0.3) is 0 Å². The molecule has 0 aliphatic carbocycles. The van der Waals surface area contributed by atoms with E-state index in [1.54, 1.807) is 0 Å². The lowest BCUT2D eigenvalue weighted by Gasteiger charge is -2.09. The minimum absolute atomic E-state index is 0.0635. The molecular formula is C12H22O2. The van der Waals surface area contributed by atoms with Crippen LogP contribution in [0, 0.1) is 0 Å². The van der Waals surface area contributed by atoms with Crippen LogP contribution in [0.3, 0.4) is 0 Å². The molecule has 0 saturated carbocycles. The zero-order valence-electron chi connectivity index (χ0n) is 9.28. The van der Waals surface area contributed by atoms with Gasteiger partial charge in [0.15, 0.2) is 0 Å². The van der Waals surface area contributed by atoms with Crippen molar-refractivity contribution in [2.24, 2.45) is 0 Å². The van der Waals surface area contributed by atoms with Crippen LogP contribution >= 0.6 is 0 Å². The SMILES string of the molecule is CCC=CCCOC(C=CCC)CO. The quantitative estimate of drug-likeness (QED) is 0.480. The summed E-state index contributed by atoms with van der Waals surface area (Å²) in [5.41, 5.74) is 0. The molecule has 2 nitrogen and oxygen atoms in total. The highest BCUT2D eigenvalue weighted by Crippen LogP contribution is 1.97. The van der Waals surface area contributed by atoms with Gasteiger partial charge < -0.3 is 9.84 Å². The summed E-state index contributed by atoms with van der Waals surface area (Å²) in [6.45, 7) is 4.91. The molecule has 0 fully saturated rings. The van der Waals surface area contributed by atoms with Crippen molar-refractivity contribution in [2.75, 3.05) is 13.2 Å². The molecular weight excluding hydrogens is 176 g/mol. The average molecular weight is 198 g/mol. The Kier molecular flexibility index (Phi) is 10.0. The van der Waals surface area contributed by atoms with Gasteiger partial charge in [0.2, 0.25) is 0 Å². The van der Waals surface area contributed by atoms with E-state index in [9.17, 15) is 0 Å². The van der Waals surface area contributed by atoms with Gasteiger partial charge in [0.1, 0.15) is 0 Å². The van der Waals surface area contributed by atoms with E-state index in [1.165, 1.54) is 0 Å². The Bertz CT molecular complexity index is 162. The standard InChI is InChI=1S/C12H22O2/c1-3-5-7-8-10-14-12(11-13)9-6-4-2/h5-7,9,12-13H,3-4,8,10-11H2,1-2H3. The number of aliphatic hydroxyl groups is 1. The van der Waals surface area contributed by atoms with Crippen molar-refractivity contribution >= 4 is 0 Å². The maximum absolute atomic E-state index is 8.96. The lowest BCUT2D eigenvalue weighted by Crippen LogP contribution is -2.15.